The van der Waals surface area contributed by atoms with Gasteiger partial charge in [-0.3, -0.25) is 29.6 Å². The molecule has 2 atom stereocenters. The molecule has 0 spiro atoms. The number of carbonyl (C=O) groups excluding carboxylic acids is 3. The van der Waals surface area contributed by atoms with Gasteiger partial charge >= 0.3 is 0 Å². The second kappa shape index (κ2) is 18.9. The van der Waals surface area contributed by atoms with Gasteiger partial charge in [0.05, 0.1) is 18.5 Å². The smallest absolute Gasteiger partial charge is 0.264 e. The Morgan fingerprint density at radius 3 is 2.52 bits per heavy atom. The summed E-state index contributed by atoms with van der Waals surface area (Å²) in [6, 6.07) is 9.17. The number of halogens is 2. The zero-order chi connectivity index (χ0) is 42.5. The second-order valence-electron chi connectivity index (χ2n) is 16.0. The van der Waals surface area contributed by atoms with Crippen LogP contribution in [0.15, 0.2) is 47.8 Å². The number of benzene rings is 2. The molecule has 1 aromatic heterocycles. The van der Waals surface area contributed by atoms with Gasteiger partial charge in [0.2, 0.25) is 11.8 Å². The predicted molar refractivity (Wildman–Crippen MR) is 233 cm³/mol. The lowest BCUT2D eigenvalue weighted by Crippen LogP contribution is -2.54. The van der Waals surface area contributed by atoms with Crippen LogP contribution in [0.3, 0.4) is 0 Å². The first-order valence-electron chi connectivity index (χ1n) is 20.7. The molecule has 0 radical (unpaired) electrons. The first-order chi connectivity index (χ1) is 28.9. The summed E-state index contributed by atoms with van der Waals surface area (Å²) in [6.07, 6.45) is 5.62. The van der Waals surface area contributed by atoms with E-state index in [0.29, 0.717) is 61.1 Å². The van der Waals surface area contributed by atoms with Crippen molar-refractivity contribution in [1.29, 1.82) is 5.41 Å². The summed E-state index contributed by atoms with van der Waals surface area (Å²) >= 11 is 1.43. The van der Waals surface area contributed by atoms with Gasteiger partial charge < -0.3 is 31.2 Å². The number of hydrazone groups is 1. The summed E-state index contributed by atoms with van der Waals surface area (Å²) in [4.78, 5) is 49.7. The first-order valence-corrected chi connectivity index (χ1v) is 21.6. The number of hydrogen-bond donors (Lipinski definition) is 5. The predicted octanol–water partition coefficient (Wildman–Crippen LogP) is 5.47. The van der Waals surface area contributed by atoms with Crippen molar-refractivity contribution in [3.8, 4) is 0 Å². The number of alkyl halides is 2. The number of amidine groups is 1. The van der Waals surface area contributed by atoms with E-state index in [-0.39, 0.29) is 41.3 Å². The van der Waals surface area contributed by atoms with Crippen LogP contribution in [-0.2, 0) is 16.0 Å². The minimum atomic E-state index is -2.73. The van der Waals surface area contributed by atoms with Gasteiger partial charge in [-0.1, -0.05) is 0 Å². The van der Waals surface area contributed by atoms with E-state index in [2.05, 4.69) is 41.1 Å². The summed E-state index contributed by atoms with van der Waals surface area (Å²) in [6.45, 7) is 9.95. The summed E-state index contributed by atoms with van der Waals surface area (Å²) in [7, 11) is 1.68. The molecule has 3 aromatic rings. The highest BCUT2D eigenvalue weighted by Crippen LogP contribution is 2.41. The van der Waals surface area contributed by atoms with Crippen molar-refractivity contribution in [3.05, 3.63) is 75.4 Å². The number of likely N-dealkylation sites (tertiary alicyclic amines) is 2. The van der Waals surface area contributed by atoms with Crippen LogP contribution in [-0.4, -0.2) is 121 Å². The van der Waals surface area contributed by atoms with Gasteiger partial charge in [-0.05, 0) is 93.0 Å². The van der Waals surface area contributed by atoms with Crippen molar-refractivity contribution in [3.63, 3.8) is 0 Å². The number of fused-ring (bicyclic) bond motifs is 2. The molecule has 5 heterocycles. The highest BCUT2D eigenvalue weighted by atomic mass is 32.1. The summed E-state index contributed by atoms with van der Waals surface area (Å²) in [5.74, 6) is 0.526. The minimum absolute atomic E-state index is 0.0150. The zero-order valence-electron chi connectivity index (χ0n) is 34.7. The van der Waals surface area contributed by atoms with Crippen molar-refractivity contribution in [2.24, 2.45) is 11.0 Å². The number of carbonyl (C=O) groups is 3. The van der Waals surface area contributed by atoms with E-state index in [1.165, 1.54) is 11.3 Å². The number of aromatic nitrogens is 1. The van der Waals surface area contributed by atoms with Crippen molar-refractivity contribution in [2.75, 3.05) is 74.9 Å². The molecule has 2 saturated heterocycles. The molecule has 4 aliphatic heterocycles. The third-order valence-electron chi connectivity index (χ3n) is 11.9. The van der Waals surface area contributed by atoms with Crippen LogP contribution in [0.25, 0.3) is 5.57 Å². The fourth-order valence-corrected chi connectivity index (χ4v) is 9.61. The maximum Gasteiger partial charge on any atom is 0.264 e. The molecule has 7 rings (SSSR count). The molecule has 60 heavy (non-hydrogen) atoms. The van der Waals surface area contributed by atoms with Gasteiger partial charge in [0, 0.05) is 117 Å². The molecule has 3 amide bonds. The Balaban J connectivity index is 0.953. The van der Waals surface area contributed by atoms with Crippen molar-refractivity contribution in [2.45, 2.75) is 71.4 Å². The fraction of sp³-hybridized carbons (Fsp3) is 0.488. The molecule has 2 fully saturated rings. The van der Waals surface area contributed by atoms with Crippen LogP contribution in [0.4, 0.5) is 25.3 Å². The molecule has 17 heteroatoms. The number of nitrogens with zero attached hydrogens (tertiary/aromatic N) is 6. The topological polar surface area (TPSA) is 161 Å². The molecule has 2 aromatic carbocycles. The van der Waals surface area contributed by atoms with Gasteiger partial charge in [0.25, 0.3) is 12.3 Å². The van der Waals surface area contributed by atoms with E-state index in [1.807, 2.05) is 36.9 Å². The number of allylic oxidation sites excluding steroid dienone is 1. The number of anilines is 3. The first kappa shape index (κ1) is 42.7. The molecule has 4 aliphatic rings. The third kappa shape index (κ3) is 9.46. The maximum absolute atomic E-state index is 14.6. The van der Waals surface area contributed by atoms with Crippen LogP contribution in [0.2, 0.25) is 0 Å². The molecular formula is C43H55F2N11O3S. The Kier molecular flexibility index (Phi) is 13.4. The largest absolute Gasteiger partial charge is 0.393 e. The third-order valence-corrected chi connectivity index (χ3v) is 12.8. The molecule has 5 N–H and O–H groups in total. The normalized spacial score (nSPS) is 19.8. The molecule has 2 unspecified atom stereocenters. The van der Waals surface area contributed by atoms with E-state index >= 15 is 0 Å². The lowest BCUT2D eigenvalue weighted by atomic mass is 9.87. The van der Waals surface area contributed by atoms with E-state index < -0.39 is 6.43 Å². The van der Waals surface area contributed by atoms with Gasteiger partial charge in [-0.15, -0.1) is 11.3 Å². The Hall–Kier alpha value is -5.42. The Morgan fingerprint density at radius 1 is 1.03 bits per heavy atom. The SMILES string of the molecule is CN/C=C(\C=N)c1cc2c(cc1C(F)F)N(C1=NN(C3CCN(CC(=O)NCCNc4ccc(C(=O)Nc5ncc(C)s5)c(C)c4)CC3)C3CCN(C(C)=O)CC13)CCC2. The summed E-state index contributed by atoms with van der Waals surface area (Å²) in [5, 5.41) is 28.1. The van der Waals surface area contributed by atoms with Crippen LogP contribution in [0, 0.1) is 25.2 Å². The van der Waals surface area contributed by atoms with Crippen LogP contribution in [0.5, 0.6) is 0 Å². The lowest BCUT2D eigenvalue weighted by Gasteiger charge is -2.43. The Morgan fingerprint density at radius 2 is 1.83 bits per heavy atom. The highest BCUT2D eigenvalue weighted by molar-refractivity contribution is 7.15. The van der Waals surface area contributed by atoms with Gasteiger partial charge in [0.15, 0.2) is 5.13 Å². The van der Waals surface area contributed by atoms with Crippen molar-refractivity contribution < 1.29 is 23.2 Å². The number of rotatable bonds is 13. The number of piperidine rings is 2. The molecule has 0 saturated carbocycles. The summed E-state index contributed by atoms with van der Waals surface area (Å²) < 4.78 is 29.3. The molecule has 0 aliphatic carbocycles. The number of amides is 3. The van der Waals surface area contributed by atoms with E-state index in [0.717, 1.165) is 84.6 Å². The second-order valence-corrected chi connectivity index (χ2v) is 17.2. The van der Waals surface area contributed by atoms with E-state index in [4.69, 9.17) is 10.5 Å². The Labute approximate surface area is 354 Å². The summed E-state index contributed by atoms with van der Waals surface area (Å²) in [5.41, 5.74) is 4.55. The number of thiazole rings is 1. The highest BCUT2D eigenvalue weighted by Gasteiger charge is 2.47. The zero-order valence-corrected chi connectivity index (χ0v) is 35.5. The van der Waals surface area contributed by atoms with Gasteiger partial charge in [-0.2, -0.15) is 5.10 Å². The van der Waals surface area contributed by atoms with Crippen molar-refractivity contribution in [1.82, 2.24) is 30.4 Å². The molecular weight excluding hydrogens is 789 g/mol. The average Bonchev–Trinajstić information content (AvgIpc) is 3.83. The van der Waals surface area contributed by atoms with Gasteiger partial charge in [0.1, 0.15) is 5.84 Å². The molecule has 320 valence electrons. The standard InChI is InChI=1S/C43H55F2N11O3S/c1-26-18-31(7-8-33(26)42(59)51-43-50-22-27(2)60-43)48-12-13-49-39(58)25-53-15-9-32(10-16-53)56-37-11-17-54(28(3)57)24-36(37)41(52-56)55-14-5-6-29-19-34(30(21-46)23-47-4)35(40(44)45)20-38(29)55/h7-8,18-23,32,36-37,40,46-48H,5-6,9-17,24-25H2,1-4H3,(H,49,58)(H,50,51,59)/b30-23+,46-21?. The van der Waals surface area contributed by atoms with Crippen LogP contribution >= 0.6 is 11.3 Å². The fourth-order valence-electron chi connectivity index (χ4n) is 8.95. The number of aryl methyl sites for hydroxylation is 3. The maximum atomic E-state index is 14.6. The molecule has 0 bridgehead atoms. The lowest BCUT2D eigenvalue weighted by molar-refractivity contribution is -0.131. The Bertz CT molecular complexity index is 2150. The van der Waals surface area contributed by atoms with Gasteiger partial charge in [-0.25, -0.2) is 13.8 Å². The number of nitrogens with one attached hydrogen (secondary N) is 5. The average molecular weight is 844 g/mol. The van der Waals surface area contributed by atoms with Crippen LogP contribution < -0.4 is 26.2 Å². The number of hydrogen-bond acceptors (Lipinski definition) is 12. The van der Waals surface area contributed by atoms with E-state index in [9.17, 15) is 23.2 Å². The quantitative estimate of drug-likeness (QED) is 0.111. The minimum Gasteiger partial charge on any atom is -0.393 e. The van der Waals surface area contributed by atoms with Crippen molar-refractivity contribution >= 4 is 63.2 Å². The molecule has 14 nitrogen and oxygen atoms in total. The monoisotopic (exact) mass is 843 g/mol. The van der Waals surface area contributed by atoms with Crippen LogP contribution in [0.1, 0.15) is 76.5 Å². The van der Waals surface area contributed by atoms with E-state index in [1.54, 1.807) is 38.5 Å².